The molecule has 1 atom stereocenters. The molecule has 2 heterocycles. The van der Waals surface area contributed by atoms with Gasteiger partial charge >= 0.3 is 0 Å². The lowest BCUT2D eigenvalue weighted by Gasteiger charge is -2.19. The second-order valence-corrected chi connectivity index (χ2v) is 6.08. The monoisotopic (exact) mass is 297 g/mol. The highest BCUT2D eigenvalue weighted by atomic mass is 35.5. The van der Waals surface area contributed by atoms with Crippen LogP contribution < -0.4 is 5.32 Å². The first kappa shape index (κ1) is 14.6. The first-order valence-corrected chi connectivity index (χ1v) is 7.78. The molecule has 0 amide bonds. The van der Waals surface area contributed by atoms with E-state index in [1.807, 2.05) is 23.2 Å². The van der Waals surface area contributed by atoms with Crippen LogP contribution in [0, 0.1) is 13.8 Å². The molecule has 0 fully saturated rings. The van der Waals surface area contributed by atoms with E-state index in [4.69, 9.17) is 11.6 Å². The molecule has 0 aliphatic heterocycles. The number of rotatable bonds is 5. The van der Waals surface area contributed by atoms with E-state index in [1.54, 1.807) is 11.3 Å². The quantitative estimate of drug-likeness (QED) is 0.909. The minimum absolute atomic E-state index is 0.140. The Morgan fingerprint density at radius 1 is 1.47 bits per heavy atom. The van der Waals surface area contributed by atoms with E-state index in [-0.39, 0.29) is 6.04 Å². The van der Waals surface area contributed by atoms with Crippen molar-refractivity contribution >= 4 is 22.9 Å². The van der Waals surface area contributed by atoms with Crippen LogP contribution in [0.3, 0.4) is 0 Å². The van der Waals surface area contributed by atoms with E-state index < -0.39 is 0 Å². The highest BCUT2D eigenvalue weighted by molar-refractivity contribution is 7.10. The number of aryl methyl sites for hydroxylation is 2. The molecule has 104 valence electrons. The normalized spacial score (nSPS) is 12.9. The molecule has 0 saturated carbocycles. The summed E-state index contributed by atoms with van der Waals surface area (Å²) in [5, 5.41) is 11.0. The smallest absolute Gasteiger partial charge is 0.0722 e. The number of hydrogen-bond donors (Lipinski definition) is 1. The molecule has 1 unspecified atom stereocenters. The molecule has 19 heavy (non-hydrogen) atoms. The van der Waals surface area contributed by atoms with Crippen molar-refractivity contribution in [3.8, 4) is 0 Å². The second kappa shape index (κ2) is 6.07. The number of nitrogens with zero attached hydrogens (tertiary/aromatic N) is 2. The summed E-state index contributed by atoms with van der Waals surface area (Å²) in [6.45, 7) is 7.30. The summed E-state index contributed by atoms with van der Waals surface area (Å²) in [6, 6.07) is 2.10. The second-order valence-electron chi connectivity index (χ2n) is 4.73. The predicted molar refractivity (Wildman–Crippen MR) is 82.1 cm³/mol. The number of aromatic nitrogens is 2. The fraction of sp³-hybridized carbons (Fsp3) is 0.500. The minimum Gasteiger partial charge on any atom is -0.305 e. The molecular weight excluding hydrogens is 278 g/mol. The van der Waals surface area contributed by atoms with Crippen LogP contribution in [-0.4, -0.2) is 16.3 Å². The molecule has 3 nitrogen and oxygen atoms in total. The maximum Gasteiger partial charge on any atom is 0.0722 e. The Morgan fingerprint density at radius 2 is 2.21 bits per heavy atom. The maximum atomic E-state index is 6.32. The van der Waals surface area contributed by atoms with Gasteiger partial charge in [-0.25, -0.2) is 0 Å². The minimum atomic E-state index is 0.140. The summed E-state index contributed by atoms with van der Waals surface area (Å²) in [7, 11) is 1.98. The van der Waals surface area contributed by atoms with Crippen LogP contribution in [0.5, 0.6) is 0 Å². The van der Waals surface area contributed by atoms with E-state index in [0.717, 1.165) is 23.7 Å². The summed E-state index contributed by atoms with van der Waals surface area (Å²) in [5.41, 5.74) is 3.51. The highest BCUT2D eigenvalue weighted by Gasteiger charge is 2.24. The zero-order valence-corrected chi connectivity index (χ0v) is 13.4. The van der Waals surface area contributed by atoms with Crippen LogP contribution >= 0.6 is 22.9 Å². The largest absolute Gasteiger partial charge is 0.305 e. The number of hydrogen-bond acceptors (Lipinski definition) is 3. The topological polar surface area (TPSA) is 29.9 Å². The molecule has 2 aromatic rings. The van der Waals surface area contributed by atoms with Crippen LogP contribution in [0.4, 0.5) is 0 Å². The molecule has 0 radical (unpaired) electrons. The highest BCUT2D eigenvalue weighted by Crippen LogP contribution is 2.35. The van der Waals surface area contributed by atoms with Gasteiger partial charge in [-0.05, 0) is 38.3 Å². The zero-order valence-electron chi connectivity index (χ0n) is 11.8. The van der Waals surface area contributed by atoms with E-state index in [9.17, 15) is 0 Å². The summed E-state index contributed by atoms with van der Waals surface area (Å²) in [4.78, 5) is 1.18. The maximum absolute atomic E-state index is 6.32. The lowest BCUT2D eigenvalue weighted by atomic mass is 10.0. The van der Waals surface area contributed by atoms with Crippen molar-refractivity contribution in [3.63, 3.8) is 0 Å². The van der Waals surface area contributed by atoms with E-state index >= 15 is 0 Å². The van der Waals surface area contributed by atoms with Crippen LogP contribution in [0.2, 0.25) is 5.02 Å². The molecule has 0 bridgehead atoms. The summed E-state index contributed by atoms with van der Waals surface area (Å²) in [6.07, 6.45) is 1.10. The Hall–Kier alpha value is -0.840. The number of nitrogens with one attached hydrogen (secondary N) is 1. The van der Waals surface area contributed by atoms with E-state index in [0.29, 0.717) is 0 Å². The Labute approximate surface area is 123 Å². The molecule has 0 aliphatic rings. The average Bonchev–Trinajstić information content (AvgIpc) is 2.88. The number of halogens is 1. The Kier molecular flexibility index (Phi) is 4.66. The fourth-order valence-corrected chi connectivity index (χ4v) is 3.58. The first-order valence-electron chi connectivity index (χ1n) is 6.52. The molecule has 2 rings (SSSR count). The SMILES string of the molecule is CCCNC(c1sccc1Cl)c1c(C)nn(C)c1C. The predicted octanol–water partition coefficient (Wildman–Crippen LogP) is 3.84. The molecule has 0 spiro atoms. The van der Waals surface area contributed by atoms with Crippen molar-refractivity contribution in [2.24, 2.45) is 7.05 Å². The lowest BCUT2D eigenvalue weighted by Crippen LogP contribution is -2.23. The number of thiophene rings is 1. The van der Waals surface area contributed by atoms with Crippen molar-refractivity contribution in [3.05, 3.63) is 38.3 Å². The fourth-order valence-electron chi connectivity index (χ4n) is 2.33. The Morgan fingerprint density at radius 3 is 2.68 bits per heavy atom. The van der Waals surface area contributed by atoms with Crippen molar-refractivity contribution in [1.82, 2.24) is 15.1 Å². The molecule has 5 heteroatoms. The van der Waals surface area contributed by atoms with Crippen LogP contribution in [0.15, 0.2) is 11.4 Å². The van der Waals surface area contributed by atoms with Gasteiger partial charge in [0, 0.05) is 23.2 Å². The van der Waals surface area contributed by atoms with Gasteiger partial charge in [-0.1, -0.05) is 18.5 Å². The van der Waals surface area contributed by atoms with Crippen molar-refractivity contribution in [2.75, 3.05) is 6.54 Å². The van der Waals surface area contributed by atoms with E-state index in [2.05, 4.69) is 31.2 Å². The lowest BCUT2D eigenvalue weighted by molar-refractivity contribution is 0.600. The first-order chi connectivity index (χ1) is 9.06. The van der Waals surface area contributed by atoms with Gasteiger partial charge in [0.2, 0.25) is 0 Å². The molecule has 0 aromatic carbocycles. The molecule has 0 aliphatic carbocycles. The van der Waals surface area contributed by atoms with Crippen molar-refractivity contribution < 1.29 is 0 Å². The van der Waals surface area contributed by atoms with Gasteiger partial charge in [0.05, 0.1) is 16.8 Å². The Balaban J connectivity index is 2.46. The van der Waals surface area contributed by atoms with Gasteiger partial charge < -0.3 is 5.32 Å². The summed E-state index contributed by atoms with van der Waals surface area (Å²) < 4.78 is 1.94. The molecule has 0 saturated heterocycles. The van der Waals surface area contributed by atoms with Gasteiger partial charge in [-0.2, -0.15) is 5.10 Å². The van der Waals surface area contributed by atoms with Gasteiger partial charge in [0.15, 0.2) is 0 Å². The standard InChI is InChI=1S/C14H20ClN3S/c1-5-7-16-13(14-11(15)6-8-19-14)12-9(2)17-18(4)10(12)3/h6,8,13,16H,5,7H2,1-4H3. The average molecular weight is 298 g/mol. The van der Waals surface area contributed by atoms with Crippen LogP contribution in [0.1, 0.15) is 41.2 Å². The Bertz CT molecular complexity index is 559. The third-order valence-electron chi connectivity index (χ3n) is 3.36. The molecular formula is C14H20ClN3S. The summed E-state index contributed by atoms with van der Waals surface area (Å²) >= 11 is 8.02. The van der Waals surface area contributed by atoms with Crippen molar-refractivity contribution in [2.45, 2.75) is 33.2 Å². The third-order valence-corrected chi connectivity index (χ3v) is 4.78. The summed E-state index contributed by atoms with van der Waals surface area (Å²) in [5.74, 6) is 0. The van der Waals surface area contributed by atoms with Gasteiger partial charge in [0.1, 0.15) is 0 Å². The third kappa shape index (κ3) is 2.86. The van der Waals surface area contributed by atoms with E-state index in [1.165, 1.54) is 16.1 Å². The van der Waals surface area contributed by atoms with Crippen molar-refractivity contribution in [1.29, 1.82) is 0 Å². The van der Waals surface area contributed by atoms with Gasteiger partial charge in [-0.15, -0.1) is 11.3 Å². The molecule has 1 N–H and O–H groups in total. The van der Waals surface area contributed by atoms with Crippen LogP contribution in [-0.2, 0) is 7.05 Å². The molecule has 2 aromatic heterocycles. The van der Waals surface area contributed by atoms with Gasteiger partial charge in [-0.3, -0.25) is 4.68 Å². The zero-order chi connectivity index (χ0) is 14.0. The van der Waals surface area contributed by atoms with Gasteiger partial charge in [0.25, 0.3) is 0 Å². The van der Waals surface area contributed by atoms with Crippen LogP contribution in [0.25, 0.3) is 0 Å².